The van der Waals surface area contributed by atoms with E-state index < -0.39 is 6.04 Å². The van der Waals surface area contributed by atoms with Crippen LogP contribution in [0.5, 0.6) is 0 Å². The van der Waals surface area contributed by atoms with E-state index >= 15 is 0 Å². The Morgan fingerprint density at radius 1 is 1.20 bits per heavy atom. The van der Waals surface area contributed by atoms with Crippen molar-refractivity contribution in [1.29, 1.82) is 0 Å². The van der Waals surface area contributed by atoms with Gasteiger partial charge in [0.2, 0.25) is 0 Å². The Hall–Kier alpha value is -1.10. The minimum absolute atomic E-state index is 0. The summed E-state index contributed by atoms with van der Waals surface area (Å²) in [5.41, 5.74) is 7.20. The van der Waals surface area contributed by atoms with Gasteiger partial charge in [0.15, 0.2) is 0 Å². The second-order valence-electron chi connectivity index (χ2n) is 6.78. The summed E-state index contributed by atoms with van der Waals surface area (Å²) in [5.74, 6) is -0.0702. The second-order valence-corrected chi connectivity index (χ2v) is 6.78. The van der Waals surface area contributed by atoms with E-state index in [1.807, 2.05) is 13.0 Å². The van der Waals surface area contributed by atoms with E-state index in [4.69, 9.17) is 15.2 Å². The predicted molar refractivity (Wildman–Crippen MR) is 103 cm³/mol. The summed E-state index contributed by atoms with van der Waals surface area (Å²) in [6, 6.07) is 9.89. The fraction of sp³-hybridized carbons (Fsp3) is 0.650. The van der Waals surface area contributed by atoms with Crippen LogP contribution in [0.15, 0.2) is 30.3 Å². The molecule has 1 aromatic rings. The van der Waals surface area contributed by atoms with Gasteiger partial charge in [-0.25, -0.2) is 0 Å². The highest BCUT2D eigenvalue weighted by molar-refractivity contribution is 5.85. The third-order valence-electron chi connectivity index (χ3n) is 4.90. The molecular weight excluding hydrogens is 338 g/mol. The summed E-state index contributed by atoms with van der Waals surface area (Å²) in [5, 5.41) is 0. The molecule has 2 rings (SSSR count). The van der Waals surface area contributed by atoms with E-state index in [0.717, 1.165) is 32.1 Å². The lowest BCUT2D eigenvalue weighted by Crippen LogP contribution is -2.37. The number of nitrogens with two attached hydrogens (primary N) is 1. The number of hydrogen-bond donors (Lipinski definition) is 1. The summed E-state index contributed by atoms with van der Waals surface area (Å²) in [4.78, 5) is 12.0. The zero-order valence-corrected chi connectivity index (χ0v) is 16.2. The van der Waals surface area contributed by atoms with Crippen molar-refractivity contribution in [2.45, 2.75) is 70.6 Å². The normalized spacial score (nSPS) is 27.4. The lowest BCUT2D eigenvalue weighted by atomic mass is 9.87. The first-order valence-corrected chi connectivity index (χ1v) is 9.23. The molecule has 25 heavy (non-hydrogen) atoms. The van der Waals surface area contributed by atoms with E-state index in [9.17, 15) is 4.79 Å². The van der Waals surface area contributed by atoms with E-state index in [0.29, 0.717) is 13.0 Å². The average molecular weight is 370 g/mol. The van der Waals surface area contributed by atoms with Crippen LogP contribution in [0.4, 0.5) is 0 Å². The summed E-state index contributed by atoms with van der Waals surface area (Å²) >= 11 is 0. The van der Waals surface area contributed by atoms with E-state index in [2.05, 4.69) is 31.2 Å². The molecule has 0 amide bonds. The first-order chi connectivity index (χ1) is 11.6. The molecule has 0 aromatic heterocycles. The quantitative estimate of drug-likeness (QED) is 0.772. The van der Waals surface area contributed by atoms with Crippen molar-refractivity contribution < 1.29 is 14.3 Å². The zero-order chi connectivity index (χ0) is 17.4. The van der Waals surface area contributed by atoms with Gasteiger partial charge < -0.3 is 15.2 Å². The number of ether oxygens (including phenoxy) is 2. The highest BCUT2D eigenvalue weighted by atomic mass is 35.5. The van der Waals surface area contributed by atoms with Crippen LogP contribution in [0.25, 0.3) is 0 Å². The Kier molecular flexibility index (Phi) is 10.1. The maximum atomic E-state index is 12.0. The van der Waals surface area contributed by atoms with Crippen LogP contribution >= 0.6 is 12.4 Å². The van der Waals surface area contributed by atoms with E-state index in [1.54, 1.807) is 0 Å². The lowest BCUT2D eigenvalue weighted by molar-refractivity contribution is -0.153. The highest BCUT2D eigenvalue weighted by Gasteiger charge is 2.32. The monoisotopic (exact) mass is 369 g/mol. The van der Waals surface area contributed by atoms with Gasteiger partial charge in [0, 0.05) is 12.5 Å². The summed E-state index contributed by atoms with van der Waals surface area (Å²) in [6.45, 7) is 4.68. The van der Waals surface area contributed by atoms with Crippen LogP contribution in [0.1, 0.15) is 51.5 Å². The zero-order valence-electron chi connectivity index (χ0n) is 15.4. The van der Waals surface area contributed by atoms with Crippen molar-refractivity contribution in [3.8, 4) is 0 Å². The molecule has 0 saturated carbocycles. The molecule has 0 aliphatic carbocycles. The Morgan fingerprint density at radius 3 is 2.60 bits per heavy atom. The molecule has 4 nitrogen and oxygen atoms in total. The second kappa shape index (κ2) is 11.5. The molecule has 0 unspecified atom stereocenters. The number of hydrogen-bond acceptors (Lipinski definition) is 4. The van der Waals surface area contributed by atoms with Crippen LogP contribution in [-0.2, 0) is 20.7 Å². The summed E-state index contributed by atoms with van der Waals surface area (Å²) in [7, 11) is 0. The van der Waals surface area contributed by atoms with Gasteiger partial charge in [-0.1, -0.05) is 50.1 Å². The van der Waals surface area contributed by atoms with Crippen LogP contribution in [-0.4, -0.2) is 30.8 Å². The molecule has 0 radical (unpaired) electrons. The van der Waals surface area contributed by atoms with Gasteiger partial charge in [-0.05, 0) is 38.2 Å². The molecule has 1 saturated heterocycles. The molecule has 1 aliphatic rings. The number of benzene rings is 1. The molecule has 1 aliphatic heterocycles. The van der Waals surface area contributed by atoms with Crippen LogP contribution in [0.2, 0.25) is 0 Å². The van der Waals surface area contributed by atoms with Gasteiger partial charge in [0.25, 0.3) is 0 Å². The Morgan fingerprint density at radius 2 is 1.92 bits per heavy atom. The third-order valence-corrected chi connectivity index (χ3v) is 4.90. The molecule has 4 atom stereocenters. The minimum Gasteiger partial charge on any atom is -0.461 e. The molecule has 2 N–H and O–H groups in total. The lowest BCUT2D eigenvalue weighted by Gasteiger charge is -2.31. The SMILES string of the molecule is CCCC[C@H]1[C@H](C)OC(=O)[C@@H](N)CCO[C@@H]1CCc1ccccc1.Cl. The number of esters is 1. The molecular formula is C20H32ClNO3. The Bertz CT molecular complexity index is 497. The van der Waals surface area contributed by atoms with Crippen LogP contribution in [0, 0.1) is 5.92 Å². The van der Waals surface area contributed by atoms with Crippen molar-refractivity contribution >= 4 is 18.4 Å². The molecule has 142 valence electrons. The maximum absolute atomic E-state index is 12.0. The van der Waals surface area contributed by atoms with Gasteiger partial charge in [0.05, 0.1) is 6.10 Å². The number of carbonyl (C=O) groups is 1. The van der Waals surface area contributed by atoms with Crippen LogP contribution in [0.3, 0.4) is 0 Å². The number of carbonyl (C=O) groups excluding carboxylic acids is 1. The van der Waals surface area contributed by atoms with E-state index in [1.165, 1.54) is 5.56 Å². The van der Waals surface area contributed by atoms with Gasteiger partial charge in [-0.3, -0.25) is 4.79 Å². The van der Waals surface area contributed by atoms with Crippen molar-refractivity contribution in [2.24, 2.45) is 11.7 Å². The Labute approximate surface area is 157 Å². The topological polar surface area (TPSA) is 61.5 Å². The number of cyclic esters (lactones) is 1. The van der Waals surface area contributed by atoms with Crippen molar-refractivity contribution in [2.75, 3.05) is 6.61 Å². The number of rotatable bonds is 6. The van der Waals surface area contributed by atoms with E-state index in [-0.39, 0.29) is 36.5 Å². The van der Waals surface area contributed by atoms with Crippen LogP contribution < -0.4 is 5.73 Å². The van der Waals surface area contributed by atoms with Crippen molar-refractivity contribution in [3.63, 3.8) is 0 Å². The fourth-order valence-corrected chi connectivity index (χ4v) is 3.36. The molecule has 1 fully saturated rings. The summed E-state index contributed by atoms with van der Waals surface area (Å²) in [6.07, 6.45) is 5.63. The molecule has 1 aromatic carbocycles. The smallest absolute Gasteiger partial charge is 0.323 e. The van der Waals surface area contributed by atoms with Gasteiger partial charge in [-0.15, -0.1) is 12.4 Å². The third kappa shape index (κ3) is 6.96. The first kappa shape index (κ1) is 21.9. The predicted octanol–water partition coefficient (Wildman–Crippen LogP) is 3.90. The number of aryl methyl sites for hydroxylation is 1. The highest BCUT2D eigenvalue weighted by Crippen LogP contribution is 2.27. The van der Waals surface area contributed by atoms with Gasteiger partial charge in [0.1, 0.15) is 12.1 Å². The standard InChI is InChI=1S/C20H31NO3.ClH/c1-3-4-10-17-15(2)24-20(22)18(21)13-14-23-19(17)12-11-16-8-6-5-7-9-16;/h5-9,15,17-19H,3-4,10-14,21H2,1-2H3;1H/t15-,17-,18-,19+;/m0./s1. The largest absolute Gasteiger partial charge is 0.461 e. The molecule has 5 heteroatoms. The Balaban J connectivity index is 0.00000312. The average Bonchev–Trinajstić information content (AvgIpc) is 2.63. The molecule has 0 spiro atoms. The first-order valence-electron chi connectivity index (χ1n) is 9.23. The number of halogens is 1. The molecule has 1 heterocycles. The number of unbranched alkanes of at least 4 members (excludes halogenated alkanes) is 1. The minimum atomic E-state index is -0.577. The van der Waals surface area contributed by atoms with Crippen molar-refractivity contribution in [3.05, 3.63) is 35.9 Å². The molecule has 0 bridgehead atoms. The van der Waals surface area contributed by atoms with Gasteiger partial charge >= 0.3 is 5.97 Å². The van der Waals surface area contributed by atoms with Crippen molar-refractivity contribution in [1.82, 2.24) is 0 Å². The fourth-order valence-electron chi connectivity index (χ4n) is 3.36. The maximum Gasteiger partial charge on any atom is 0.323 e. The summed E-state index contributed by atoms with van der Waals surface area (Å²) < 4.78 is 11.8. The van der Waals surface area contributed by atoms with Gasteiger partial charge in [-0.2, -0.15) is 0 Å².